The number of thiophene rings is 1. The zero-order chi connectivity index (χ0) is 23.1. The van der Waals surface area contributed by atoms with Crippen molar-refractivity contribution in [3.63, 3.8) is 0 Å². The highest BCUT2D eigenvalue weighted by atomic mass is 32.2. The Morgan fingerprint density at radius 3 is 2.61 bits per heavy atom. The van der Waals surface area contributed by atoms with Crippen LogP contribution in [0.5, 0.6) is 11.8 Å². The van der Waals surface area contributed by atoms with E-state index < -0.39 is 47.3 Å². The van der Waals surface area contributed by atoms with Crippen molar-refractivity contribution < 1.29 is 45.0 Å². The third-order valence-corrected chi connectivity index (χ3v) is 6.05. The highest BCUT2D eigenvalue weighted by molar-refractivity contribution is 7.92. The molecule has 10 nitrogen and oxygen atoms in total. The Bertz CT molecular complexity index is 1000. The summed E-state index contributed by atoms with van der Waals surface area (Å²) in [4.78, 5) is 19.3. The highest BCUT2D eigenvalue weighted by Gasteiger charge is 2.29. The van der Waals surface area contributed by atoms with Gasteiger partial charge in [-0.05, 0) is 11.4 Å². The first-order chi connectivity index (χ1) is 14.5. The van der Waals surface area contributed by atoms with E-state index in [4.69, 9.17) is 9.47 Å². The van der Waals surface area contributed by atoms with E-state index in [0.717, 1.165) is 24.5 Å². The van der Waals surface area contributed by atoms with Crippen LogP contribution < -0.4 is 19.5 Å². The van der Waals surface area contributed by atoms with E-state index in [-0.39, 0.29) is 28.9 Å². The summed E-state index contributed by atoms with van der Waals surface area (Å²) in [6.45, 7) is -2.82. The summed E-state index contributed by atoms with van der Waals surface area (Å²) in [7, 11) is -3.18. The van der Waals surface area contributed by atoms with Crippen LogP contribution >= 0.6 is 11.3 Å². The number of aromatic nitrogens is 2. The van der Waals surface area contributed by atoms with Gasteiger partial charge >= 0.3 is 12.2 Å². The lowest BCUT2D eigenvalue weighted by atomic mass is 10.4. The summed E-state index contributed by atoms with van der Waals surface area (Å²) in [5.41, 5.74) is 0.208. The van der Waals surface area contributed by atoms with E-state index in [1.807, 2.05) is 5.32 Å². The summed E-state index contributed by atoms with van der Waals surface area (Å²) < 4.78 is 89.7. The number of nitrogens with zero attached hydrogens (tertiary/aromatic N) is 2. The fourth-order valence-corrected chi connectivity index (χ4v) is 4.28. The largest absolute Gasteiger partial charge is 0.481 e. The molecule has 0 unspecified atom stereocenters. The molecule has 0 saturated heterocycles. The molecule has 0 aliphatic rings. The Morgan fingerprint density at radius 1 is 1.26 bits per heavy atom. The van der Waals surface area contributed by atoms with Gasteiger partial charge in [0.05, 0.1) is 26.4 Å². The van der Waals surface area contributed by atoms with Gasteiger partial charge in [0, 0.05) is 5.56 Å². The fraction of sp³-hybridized carbons (Fsp3) is 0.400. The predicted molar refractivity (Wildman–Crippen MR) is 99.4 cm³/mol. The van der Waals surface area contributed by atoms with Gasteiger partial charge in [0.1, 0.15) is 10.9 Å². The minimum absolute atomic E-state index is 0.190. The minimum Gasteiger partial charge on any atom is -0.481 e. The maximum atomic E-state index is 12.4. The normalized spacial score (nSPS) is 11.8. The second kappa shape index (κ2) is 10.5. The van der Waals surface area contributed by atoms with Crippen LogP contribution in [0.3, 0.4) is 0 Å². The molecule has 0 aliphatic carbocycles. The zero-order valence-electron chi connectivity index (χ0n) is 15.7. The van der Waals surface area contributed by atoms with Gasteiger partial charge in [-0.3, -0.25) is 5.32 Å². The molecule has 0 bridgehead atoms. The molecule has 0 radical (unpaired) electrons. The number of urea groups is 1. The number of sulfonamides is 1. The van der Waals surface area contributed by atoms with E-state index in [2.05, 4.69) is 14.7 Å². The van der Waals surface area contributed by atoms with Gasteiger partial charge in [0.25, 0.3) is 10.0 Å². The number of alkyl halides is 4. The second-order valence-electron chi connectivity index (χ2n) is 5.51. The Labute approximate surface area is 177 Å². The number of anilines is 1. The molecule has 172 valence electrons. The molecule has 2 aromatic rings. The second-order valence-corrected chi connectivity index (χ2v) is 8.30. The number of amides is 2. The van der Waals surface area contributed by atoms with Gasteiger partial charge in [0.15, 0.2) is 6.61 Å². The molecular weight excluding hydrogens is 472 g/mol. The third-order valence-electron chi connectivity index (χ3n) is 3.15. The first kappa shape index (κ1) is 24.5. The molecule has 2 aromatic heterocycles. The first-order valence-corrected chi connectivity index (χ1v) is 10.6. The number of hydrogen-bond donors (Lipinski definition) is 2. The van der Waals surface area contributed by atoms with Crippen molar-refractivity contribution in [2.75, 3.05) is 32.3 Å². The summed E-state index contributed by atoms with van der Waals surface area (Å²) in [5, 5.41) is 3.42. The average molecular weight is 488 g/mol. The van der Waals surface area contributed by atoms with Crippen molar-refractivity contribution in [1.82, 2.24) is 14.7 Å². The minimum atomic E-state index is -4.64. The van der Waals surface area contributed by atoms with E-state index in [1.54, 1.807) is 4.72 Å². The summed E-state index contributed by atoms with van der Waals surface area (Å²) >= 11 is 0.798. The number of rotatable bonds is 10. The van der Waals surface area contributed by atoms with Gasteiger partial charge in [0.2, 0.25) is 17.7 Å². The maximum Gasteiger partial charge on any atom is 0.422 e. The Hall–Kier alpha value is -2.72. The summed E-state index contributed by atoms with van der Waals surface area (Å²) in [6, 6.07) is 1.09. The lowest BCUT2D eigenvalue weighted by molar-refractivity contribution is -0.154. The van der Waals surface area contributed by atoms with Gasteiger partial charge < -0.3 is 14.2 Å². The quantitative estimate of drug-likeness (QED) is 0.386. The number of hydrogen-bond acceptors (Lipinski definition) is 9. The molecule has 2 rings (SSSR count). The van der Waals surface area contributed by atoms with Gasteiger partial charge in [-0.1, -0.05) is 0 Å². The molecule has 0 aliphatic heterocycles. The monoisotopic (exact) mass is 488 g/mol. The van der Waals surface area contributed by atoms with E-state index in [1.165, 1.54) is 11.4 Å². The number of ether oxygens (including phenoxy) is 3. The van der Waals surface area contributed by atoms with Crippen molar-refractivity contribution in [2.24, 2.45) is 0 Å². The van der Waals surface area contributed by atoms with Crippen LogP contribution in [0, 0.1) is 0 Å². The van der Waals surface area contributed by atoms with Crippen molar-refractivity contribution >= 4 is 33.3 Å². The number of nitrogens with one attached hydrogen (secondary N) is 2. The van der Waals surface area contributed by atoms with Crippen LogP contribution in [0.25, 0.3) is 0 Å². The summed E-state index contributed by atoms with van der Waals surface area (Å²) in [6.07, 6.45) is -4.64. The molecule has 0 atom stereocenters. The molecule has 2 heterocycles. The lowest BCUT2D eigenvalue weighted by Crippen LogP contribution is -2.35. The van der Waals surface area contributed by atoms with Crippen LogP contribution in [0.15, 0.2) is 21.7 Å². The smallest absolute Gasteiger partial charge is 0.422 e. The van der Waals surface area contributed by atoms with Crippen molar-refractivity contribution in [1.29, 1.82) is 0 Å². The Kier molecular flexibility index (Phi) is 8.35. The zero-order valence-corrected chi connectivity index (χ0v) is 17.4. The topological polar surface area (TPSA) is 129 Å². The number of carbonyl (C=O) groups excluding carboxylic acids is 1. The van der Waals surface area contributed by atoms with Gasteiger partial charge in [-0.15, -0.1) is 11.3 Å². The molecule has 16 heteroatoms. The van der Waals surface area contributed by atoms with E-state index >= 15 is 0 Å². The molecule has 0 fully saturated rings. The number of methoxy groups -OCH3 is 1. The molecule has 2 amide bonds. The molecule has 31 heavy (non-hydrogen) atoms. The molecule has 2 N–H and O–H groups in total. The van der Waals surface area contributed by atoms with Crippen LogP contribution in [0.1, 0.15) is 5.56 Å². The van der Waals surface area contributed by atoms with Crippen LogP contribution in [0.2, 0.25) is 0 Å². The standard InChI is InChI=1S/C15H16F4N4O6S2/c1-27-10-6-11(29-8-15(17,18)19)21-13(20-10)22-14(24)23-31(25,26)12-9(2-5-30-12)7-28-4-3-16/h2,5-6H,3-4,7-8H2,1H3,(H2,20,21,22,23,24). The Balaban J connectivity index is 2.10. The van der Waals surface area contributed by atoms with Crippen molar-refractivity contribution in [3.05, 3.63) is 23.1 Å². The van der Waals surface area contributed by atoms with Crippen LogP contribution in [0.4, 0.5) is 28.3 Å². The SMILES string of the molecule is COc1cc(OCC(F)(F)F)nc(NC(=O)NS(=O)(=O)c2sccc2COCCF)n1. The average Bonchev–Trinajstić information content (AvgIpc) is 3.15. The van der Waals surface area contributed by atoms with Crippen molar-refractivity contribution in [2.45, 2.75) is 17.0 Å². The van der Waals surface area contributed by atoms with Crippen LogP contribution in [-0.4, -0.2) is 57.6 Å². The van der Waals surface area contributed by atoms with Crippen molar-refractivity contribution in [3.8, 4) is 11.8 Å². The fourth-order valence-electron chi connectivity index (χ4n) is 1.99. The van der Waals surface area contributed by atoms with Gasteiger partial charge in [-0.25, -0.2) is 22.3 Å². The lowest BCUT2D eigenvalue weighted by Gasteiger charge is -2.12. The van der Waals surface area contributed by atoms with Crippen LogP contribution in [-0.2, 0) is 21.4 Å². The number of carbonyl (C=O) groups is 1. The van der Waals surface area contributed by atoms with E-state index in [9.17, 15) is 30.8 Å². The van der Waals surface area contributed by atoms with Gasteiger partial charge in [-0.2, -0.15) is 23.1 Å². The highest BCUT2D eigenvalue weighted by Crippen LogP contribution is 2.24. The molecule has 0 saturated carbocycles. The summed E-state index contributed by atoms with van der Waals surface area (Å²) in [5.74, 6) is -1.37. The maximum absolute atomic E-state index is 12.4. The molecule has 0 spiro atoms. The van der Waals surface area contributed by atoms with E-state index in [0.29, 0.717) is 0 Å². The predicted octanol–water partition coefficient (Wildman–Crippen LogP) is 2.48. The molecular formula is C15H16F4N4O6S2. The third kappa shape index (κ3) is 7.80. The first-order valence-electron chi connectivity index (χ1n) is 8.20. The molecule has 0 aromatic carbocycles. The Morgan fingerprint density at radius 2 is 1.97 bits per heavy atom. The number of halogens is 4.